The van der Waals surface area contributed by atoms with Crippen LogP contribution in [-0.2, 0) is 6.61 Å². The van der Waals surface area contributed by atoms with Crippen LogP contribution in [0, 0.1) is 14.9 Å². The molecule has 0 bridgehead atoms. The van der Waals surface area contributed by atoms with Crippen molar-refractivity contribution in [1.82, 2.24) is 0 Å². The second kappa shape index (κ2) is 7.09. The van der Waals surface area contributed by atoms with E-state index in [0.717, 1.165) is 15.4 Å². The highest BCUT2D eigenvalue weighted by atomic mass is 127. The first-order valence-corrected chi connectivity index (χ1v) is 7.20. The number of benzene rings is 2. The van der Waals surface area contributed by atoms with Crippen molar-refractivity contribution in [2.75, 3.05) is 7.11 Å². The van der Waals surface area contributed by atoms with Crippen LogP contribution in [-0.4, -0.2) is 13.4 Å². The number of nitriles is 1. The molecule has 0 heterocycles. The number of hydrogen-bond donors (Lipinski definition) is 0. The average Bonchev–Trinajstić information content (AvgIpc) is 2.53. The number of rotatable bonds is 5. The number of hydrogen-bond acceptors (Lipinski definition) is 4. The largest absolute Gasteiger partial charge is 0.493 e. The Kier molecular flexibility index (Phi) is 5.17. The topological polar surface area (TPSA) is 59.3 Å². The zero-order chi connectivity index (χ0) is 15.2. The fourth-order valence-electron chi connectivity index (χ4n) is 1.78. The Bertz CT molecular complexity index is 690. The maximum Gasteiger partial charge on any atom is 0.174 e. The maximum atomic E-state index is 10.9. The molecule has 0 saturated carbocycles. The first kappa shape index (κ1) is 15.3. The fourth-order valence-corrected chi connectivity index (χ4v) is 2.56. The minimum Gasteiger partial charge on any atom is -0.493 e. The molecular formula is C16H12INO3. The van der Waals surface area contributed by atoms with Gasteiger partial charge in [0, 0.05) is 5.56 Å². The van der Waals surface area contributed by atoms with E-state index in [0.29, 0.717) is 29.2 Å². The molecule has 0 aliphatic heterocycles. The van der Waals surface area contributed by atoms with E-state index in [1.807, 2.05) is 12.1 Å². The Labute approximate surface area is 136 Å². The fraction of sp³-hybridized carbons (Fsp3) is 0.125. The van der Waals surface area contributed by atoms with E-state index in [9.17, 15) is 4.79 Å². The lowest BCUT2D eigenvalue weighted by atomic mass is 10.1. The second-order valence-corrected chi connectivity index (χ2v) is 5.41. The summed E-state index contributed by atoms with van der Waals surface area (Å²) < 4.78 is 11.9. The third-order valence-corrected chi connectivity index (χ3v) is 3.66. The molecule has 21 heavy (non-hydrogen) atoms. The third kappa shape index (κ3) is 3.73. The molecule has 0 aliphatic rings. The molecule has 0 spiro atoms. The molecule has 0 saturated heterocycles. The molecule has 0 radical (unpaired) electrons. The lowest BCUT2D eigenvalue weighted by Crippen LogP contribution is -2.00. The van der Waals surface area contributed by atoms with Gasteiger partial charge >= 0.3 is 0 Å². The molecular weight excluding hydrogens is 381 g/mol. The molecule has 4 nitrogen and oxygen atoms in total. The molecule has 0 fully saturated rings. The van der Waals surface area contributed by atoms with Crippen LogP contribution in [0.5, 0.6) is 11.5 Å². The number of ether oxygens (including phenoxy) is 2. The van der Waals surface area contributed by atoms with Crippen LogP contribution < -0.4 is 9.47 Å². The monoisotopic (exact) mass is 393 g/mol. The van der Waals surface area contributed by atoms with E-state index in [1.54, 1.807) is 24.3 Å². The van der Waals surface area contributed by atoms with Gasteiger partial charge in [0.05, 0.1) is 22.3 Å². The van der Waals surface area contributed by atoms with Gasteiger partial charge in [0.15, 0.2) is 11.5 Å². The van der Waals surface area contributed by atoms with Gasteiger partial charge in [-0.05, 0) is 52.4 Å². The van der Waals surface area contributed by atoms with Crippen molar-refractivity contribution in [2.45, 2.75) is 6.61 Å². The average molecular weight is 393 g/mol. The summed E-state index contributed by atoms with van der Waals surface area (Å²) in [6, 6.07) is 12.6. The number of methoxy groups -OCH3 is 1. The second-order valence-electron chi connectivity index (χ2n) is 4.25. The summed E-state index contributed by atoms with van der Waals surface area (Å²) in [5.41, 5.74) is 2.11. The maximum absolute atomic E-state index is 10.9. The van der Waals surface area contributed by atoms with Gasteiger partial charge in [-0.1, -0.05) is 12.1 Å². The van der Waals surface area contributed by atoms with Gasteiger partial charge in [0.1, 0.15) is 12.9 Å². The predicted octanol–water partition coefficient (Wildman–Crippen LogP) is 3.56. The van der Waals surface area contributed by atoms with Crippen LogP contribution >= 0.6 is 22.6 Å². The first-order chi connectivity index (χ1) is 10.2. The molecule has 0 aliphatic carbocycles. The van der Waals surface area contributed by atoms with Crippen molar-refractivity contribution in [1.29, 1.82) is 5.26 Å². The summed E-state index contributed by atoms with van der Waals surface area (Å²) in [6.45, 7) is 0.360. The SMILES string of the molecule is COc1cc(C=O)cc(I)c1OCc1ccc(C#N)cc1. The highest BCUT2D eigenvalue weighted by molar-refractivity contribution is 14.1. The van der Waals surface area contributed by atoms with Gasteiger partial charge in [0.25, 0.3) is 0 Å². The molecule has 0 N–H and O–H groups in total. The Morgan fingerprint density at radius 1 is 1.29 bits per heavy atom. The molecule has 2 rings (SSSR count). The van der Waals surface area contributed by atoms with Crippen molar-refractivity contribution in [3.05, 3.63) is 56.7 Å². The van der Waals surface area contributed by atoms with Crippen LogP contribution in [0.2, 0.25) is 0 Å². The van der Waals surface area contributed by atoms with Crippen LogP contribution in [0.15, 0.2) is 36.4 Å². The number of halogens is 1. The van der Waals surface area contributed by atoms with Gasteiger partial charge < -0.3 is 9.47 Å². The van der Waals surface area contributed by atoms with Crippen molar-refractivity contribution < 1.29 is 14.3 Å². The molecule has 2 aromatic rings. The Balaban J connectivity index is 2.19. The van der Waals surface area contributed by atoms with Gasteiger partial charge in [-0.2, -0.15) is 5.26 Å². The lowest BCUT2D eigenvalue weighted by molar-refractivity contribution is 0.112. The van der Waals surface area contributed by atoms with Crippen LogP contribution in [0.3, 0.4) is 0 Å². The molecule has 2 aromatic carbocycles. The van der Waals surface area contributed by atoms with Crippen LogP contribution in [0.4, 0.5) is 0 Å². The van der Waals surface area contributed by atoms with Crippen molar-refractivity contribution in [3.63, 3.8) is 0 Å². The van der Waals surface area contributed by atoms with Gasteiger partial charge in [-0.25, -0.2) is 0 Å². The Morgan fingerprint density at radius 3 is 2.57 bits per heavy atom. The van der Waals surface area contributed by atoms with E-state index >= 15 is 0 Å². The third-order valence-electron chi connectivity index (χ3n) is 2.85. The summed E-state index contributed by atoms with van der Waals surface area (Å²) in [5.74, 6) is 1.13. The predicted molar refractivity (Wildman–Crippen MR) is 86.6 cm³/mol. The standard InChI is InChI=1S/C16H12INO3/c1-20-15-7-13(9-19)6-14(17)16(15)21-10-12-4-2-11(8-18)3-5-12/h2-7,9H,10H2,1H3. The highest BCUT2D eigenvalue weighted by Crippen LogP contribution is 2.34. The zero-order valence-corrected chi connectivity index (χ0v) is 13.5. The van der Waals surface area contributed by atoms with E-state index < -0.39 is 0 Å². The highest BCUT2D eigenvalue weighted by Gasteiger charge is 2.11. The summed E-state index contributed by atoms with van der Waals surface area (Å²) in [6.07, 6.45) is 0.773. The number of aldehydes is 1. The molecule has 0 unspecified atom stereocenters. The Hall–Kier alpha value is -2.07. The van der Waals surface area contributed by atoms with E-state index in [2.05, 4.69) is 28.7 Å². The van der Waals surface area contributed by atoms with Crippen LogP contribution in [0.1, 0.15) is 21.5 Å². The van der Waals surface area contributed by atoms with Crippen LogP contribution in [0.25, 0.3) is 0 Å². The number of carbonyl (C=O) groups excluding carboxylic acids is 1. The molecule has 0 aromatic heterocycles. The van der Waals surface area contributed by atoms with Crippen molar-refractivity contribution in [3.8, 4) is 17.6 Å². The van der Waals surface area contributed by atoms with Crippen molar-refractivity contribution in [2.24, 2.45) is 0 Å². The smallest absolute Gasteiger partial charge is 0.174 e. The minimum absolute atomic E-state index is 0.360. The van der Waals surface area contributed by atoms with Gasteiger partial charge in [0.2, 0.25) is 0 Å². The normalized spacial score (nSPS) is 9.76. The Morgan fingerprint density at radius 2 is 2.00 bits per heavy atom. The lowest BCUT2D eigenvalue weighted by Gasteiger charge is -2.13. The molecule has 106 valence electrons. The summed E-state index contributed by atoms with van der Waals surface area (Å²) >= 11 is 2.11. The van der Waals surface area contributed by atoms with Gasteiger partial charge in [-0.15, -0.1) is 0 Å². The quantitative estimate of drug-likeness (QED) is 0.576. The molecule has 0 amide bonds. The van der Waals surface area contributed by atoms with E-state index in [4.69, 9.17) is 14.7 Å². The molecule has 0 atom stereocenters. The number of carbonyl (C=O) groups is 1. The van der Waals surface area contributed by atoms with Gasteiger partial charge in [-0.3, -0.25) is 4.79 Å². The minimum atomic E-state index is 0.360. The number of nitrogens with zero attached hydrogens (tertiary/aromatic N) is 1. The summed E-state index contributed by atoms with van der Waals surface area (Å²) in [7, 11) is 1.54. The molecule has 5 heteroatoms. The summed E-state index contributed by atoms with van der Waals surface area (Å²) in [4.78, 5) is 10.9. The summed E-state index contributed by atoms with van der Waals surface area (Å²) in [5, 5.41) is 8.76. The van der Waals surface area contributed by atoms with E-state index in [-0.39, 0.29) is 0 Å². The van der Waals surface area contributed by atoms with Crippen molar-refractivity contribution >= 4 is 28.9 Å². The first-order valence-electron chi connectivity index (χ1n) is 6.12. The zero-order valence-electron chi connectivity index (χ0n) is 11.3. The van der Waals surface area contributed by atoms with E-state index in [1.165, 1.54) is 7.11 Å².